The van der Waals surface area contributed by atoms with E-state index in [1.165, 1.54) is 25.7 Å². The molecule has 10 atom stereocenters. The number of carbonyl (C=O) groups excluding carboxylic acids is 1. The van der Waals surface area contributed by atoms with Crippen molar-refractivity contribution in [3.05, 3.63) is 29.1 Å². The van der Waals surface area contributed by atoms with Crippen LogP contribution in [-0.4, -0.2) is 34.9 Å². The lowest BCUT2D eigenvalue weighted by Gasteiger charge is -2.62. The fraction of sp³-hybridized carbons (Fsp3) is 0.788. The first-order valence-corrected chi connectivity index (χ1v) is 15.5. The molecule has 1 amide bonds. The first-order valence-electron chi connectivity index (χ1n) is 15.5. The number of benzene rings is 1. The lowest BCUT2D eigenvalue weighted by Crippen LogP contribution is -2.58. The smallest absolute Gasteiger partial charge is 0.227 e. The third-order valence-electron chi connectivity index (χ3n) is 12.7. The number of aryl methyl sites for hydroxylation is 1. The number of nitrogens with zero attached hydrogens (tertiary/aromatic N) is 1. The highest BCUT2D eigenvalue weighted by Crippen LogP contribution is 2.68. The van der Waals surface area contributed by atoms with Crippen LogP contribution in [0.5, 0.6) is 0 Å². The lowest BCUT2D eigenvalue weighted by molar-refractivity contribution is -0.174. The number of halogens is 1. The van der Waals surface area contributed by atoms with Gasteiger partial charge >= 0.3 is 0 Å². The Hall–Kier alpha value is -1.46. The molecule has 0 bridgehead atoms. The Bertz CT molecular complexity index is 1090. The summed E-state index contributed by atoms with van der Waals surface area (Å²) in [6.07, 6.45) is 10.1. The van der Waals surface area contributed by atoms with Gasteiger partial charge in [0.1, 0.15) is 5.82 Å². The maximum atomic E-state index is 14.7. The van der Waals surface area contributed by atoms with Crippen LogP contribution in [0.25, 0.3) is 0 Å². The van der Waals surface area contributed by atoms with E-state index in [2.05, 4.69) is 20.8 Å². The average Bonchev–Trinajstić information content (AvgIpc) is 3.44. The summed E-state index contributed by atoms with van der Waals surface area (Å²) >= 11 is 0. The number of aliphatic hydroxyl groups excluding tert-OH is 2. The standard InChI is InChI=1S/C33H48FNO3/c1-19-15-21-11-14-35(31(21)27(34)16-19)29(38)8-5-20(2)24-6-7-25-30-26(10-13-33(24,25)4)32(3)12-9-23(36)17-22(32)18-28(30)37/h15-16,20,22-26,28,30,36-37H,5-14,17-18H2,1-4H3/t20-,22+,23-,24-,25+,26+,28+,30+,32+,33-/m1/s1. The molecule has 4 saturated carbocycles. The SMILES string of the molecule is Cc1cc(F)c2c(c1)CCN2C(=O)CC[C@@H](C)[C@H]1CC[C@H]2[C@@H]3[C@@H](O)C[C@@H]4C[C@H](O)CC[C@]4(C)[C@H]3CC[C@]12C. The fourth-order valence-corrected chi connectivity index (χ4v) is 10.8. The summed E-state index contributed by atoms with van der Waals surface area (Å²) in [4.78, 5) is 15.0. The molecule has 2 N–H and O–H groups in total. The Balaban J connectivity index is 1.13. The van der Waals surface area contributed by atoms with Gasteiger partial charge in [-0.3, -0.25) is 4.79 Å². The van der Waals surface area contributed by atoms with Gasteiger partial charge in [-0.2, -0.15) is 0 Å². The molecule has 0 unspecified atom stereocenters. The molecule has 4 aliphatic carbocycles. The van der Waals surface area contributed by atoms with E-state index in [0.717, 1.165) is 49.7 Å². The summed E-state index contributed by atoms with van der Waals surface area (Å²) in [6, 6.07) is 3.56. The van der Waals surface area contributed by atoms with Crippen LogP contribution < -0.4 is 4.90 Å². The number of hydrogen-bond acceptors (Lipinski definition) is 3. The Labute approximate surface area is 228 Å². The first-order chi connectivity index (χ1) is 18.0. The van der Waals surface area contributed by atoms with Crippen molar-refractivity contribution in [3.63, 3.8) is 0 Å². The highest BCUT2D eigenvalue weighted by atomic mass is 19.1. The first kappa shape index (κ1) is 26.7. The summed E-state index contributed by atoms with van der Waals surface area (Å²) in [7, 11) is 0. The molecule has 0 saturated heterocycles. The van der Waals surface area contributed by atoms with E-state index in [-0.39, 0.29) is 34.8 Å². The van der Waals surface area contributed by atoms with E-state index in [1.807, 2.05) is 13.0 Å². The minimum absolute atomic E-state index is 0.0583. The van der Waals surface area contributed by atoms with E-state index in [1.54, 1.807) is 11.0 Å². The molecule has 1 heterocycles. The van der Waals surface area contributed by atoms with Crippen molar-refractivity contribution in [1.29, 1.82) is 0 Å². The molecule has 1 aliphatic heterocycles. The Morgan fingerprint density at radius 3 is 2.61 bits per heavy atom. The summed E-state index contributed by atoms with van der Waals surface area (Å²) < 4.78 is 14.7. The normalized spacial score (nSPS) is 42.7. The van der Waals surface area contributed by atoms with Crippen molar-refractivity contribution in [3.8, 4) is 0 Å². The van der Waals surface area contributed by atoms with Gasteiger partial charge in [-0.25, -0.2) is 4.39 Å². The Morgan fingerprint density at radius 1 is 1.08 bits per heavy atom. The molecule has 0 radical (unpaired) electrons. The van der Waals surface area contributed by atoms with Gasteiger partial charge in [-0.15, -0.1) is 0 Å². The zero-order valence-electron chi connectivity index (χ0n) is 23.9. The van der Waals surface area contributed by atoms with Crippen LogP contribution >= 0.6 is 0 Å². The second kappa shape index (κ2) is 9.58. The van der Waals surface area contributed by atoms with Crippen molar-refractivity contribution in [2.24, 2.45) is 46.3 Å². The van der Waals surface area contributed by atoms with Crippen LogP contribution in [0.4, 0.5) is 10.1 Å². The van der Waals surface area contributed by atoms with Gasteiger partial charge in [0.05, 0.1) is 17.9 Å². The van der Waals surface area contributed by atoms with E-state index in [0.29, 0.717) is 54.2 Å². The van der Waals surface area contributed by atoms with Crippen LogP contribution in [0.15, 0.2) is 12.1 Å². The number of hydrogen-bond donors (Lipinski definition) is 2. The van der Waals surface area contributed by atoms with Crippen molar-refractivity contribution in [2.45, 2.75) is 111 Å². The quantitative estimate of drug-likeness (QED) is 0.476. The topological polar surface area (TPSA) is 60.8 Å². The van der Waals surface area contributed by atoms with Crippen molar-refractivity contribution < 1.29 is 19.4 Å². The largest absolute Gasteiger partial charge is 0.393 e. The van der Waals surface area contributed by atoms with Crippen LogP contribution in [0.1, 0.15) is 96.1 Å². The van der Waals surface area contributed by atoms with Crippen LogP contribution in [0.3, 0.4) is 0 Å². The van der Waals surface area contributed by atoms with Crippen molar-refractivity contribution in [2.75, 3.05) is 11.4 Å². The molecule has 4 nitrogen and oxygen atoms in total. The molecule has 38 heavy (non-hydrogen) atoms. The predicted octanol–water partition coefficient (Wildman–Crippen LogP) is 6.43. The van der Waals surface area contributed by atoms with Gasteiger partial charge in [-0.1, -0.05) is 26.8 Å². The highest BCUT2D eigenvalue weighted by molar-refractivity contribution is 5.95. The molecule has 1 aromatic rings. The minimum Gasteiger partial charge on any atom is -0.393 e. The number of fused-ring (bicyclic) bond motifs is 6. The number of rotatable bonds is 4. The maximum Gasteiger partial charge on any atom is 0.227 e. The molecule has 5 heteroatoms. The van der Waals surface area contributed by atoms with E-state index >= 15 is 0 Å². The monoisotopic (exact) mass is 525 g/mol. The number of carbonyl (C=O) groups is 1. The highest BCUT2D eigenvalue weighted by Gasteiger charge is 2.62. The lowest BCUT2D eigenvalue weighted by atomic mass is 9.43. The van der Waals surface area contributed by atoms with Crippen LogP contribution in [0, 0.1) is 59.1 Å². The van der Waals surface area contributed by atoms with Crippen molar-refractivity contribution >= 4 is 11.6 Å². The summed E-state index contributed by atoms with van der Waals surface area (Å²) in [6.45, 7) is 9.78. The maximum absolute atomic E-state index is 14.7. The molecular weight excluding hydrogens is 477 g/mol. The molecule has 210 valence electrons. The minimum atomic E-state index is -0.267. The molecule has 4 fully saturated rings. The number of anilines is 1. The number of aliphatic hydroxyl groups is 2. The molecule has 6 rings (SSSR count). The second-order valence-corrected chi connectivity index (χ2v) is 14.5. The molecular formula is C33H48FNO3. The Morgan fingerprint density at radius 2 is 1.82 bits per heavy atom. The van der Waals surface area contributed by atoms with Gasteiger partial charge in [0.2, 0.25) is 5.91 Å². The molecule has 1 aromatic carbocycles. The van der Waals surface area contributed by atoms with E-state index in [4.69, 9.17) is 0 Å². The third-order valence-corrected chi connectivity index (χ3v) is 12.7. The van der Waals surface area contributed by atoms with Gasteiger partial charge in [0.25, 0.3) is 0 Å². The zero-order chi connectivity index (χ0) is 27.0. The zero-order valence-corrected chi connectivity index (χ0v) is 23.9. The number of amides is 1. The average molecular weight is 526 g/mol. The van der Waals surface area contributed by atoms with Crippen LogP contribution in [-0.2, 0) is 11.2 Å². The fourth-order valence-electron chi connectivity index (χ4n) is 10.8. The summed E-state index contributed by atoms with van der Waals surface area (Å²) in [5.41, 5.74) is 2.84. The Kier molecular flexibility index (Phi) is 6.74. The van der Waals surface area contributed by atoms with E-state index < -0.39 is 0 Å². The van der Waals surface area contributed by atoms with Crippen molar-refractivity contribution in [1.82, 2.24) is 0 Å². The summed E-state index contributed by atoms with van der Waals surface area (Å²) in [5, 5.41) is 21.8. The van der Waals surface area contributed by atoms with Gasteiger partial charge in [0.15, 0.2) is 0 Å². The summed E-state index contributed by atoms with van der Waals surface area (Å²) in [5.74, 6) is 2.72. The predicted molar refractivity (Wildman–Crippen MR) is 148 cm³/mol. The molecule has 0 spiro atoms. The van der Waals surface area contributed by atoms with E-state index in [9.17, 15) is 19.4 Å². The van der Waals surface area contributed by atoms with Gasteiger partial charge < -0.3 is 15.1 Å². The second-order valence-electron chi connectivity index (χ2n) is 14.5. The molecule has 5 aliphatic rings. The third kappa shape index (κ3) is 4.08. The van der Waals surface area contributed by atoms with Gasteiger partial charge in [0, 0.05) is 13.0 Å². The van der Waals surface area contributed by atoms with Gasteiger partial charge in [-0.05, 0) is 135 Å². The van der Waals surface area contributed by atoms with Crippen LogP contribution in [0.2, 0.25) is 0 Å². The molecule has 0 aromatic heterocycles.